The Morgan fingerprint density at radius 3 is 2.35 bits per heavy atom. The number of carbonyl (C=O) groups is 1. The van der Waals surface area contributed by atoms with Crippen molar-refractivity contribution < 1.29 is 28.2 Å². The molecule has 0 saturated heterocycles. The van der Waals surface area contributed by atoms with Crippen LogP contribution < -0.4 is 29.8 Å². The summed E-state index contributed by atoms with van der Waals surface area (Å²) < 4.78 is 29.7. The zero-order valence-corrected chi connectivity index (χ0v) is 25.7. The normalized spacial score (nSPS) is 11.2. The molecule has 0 aliphatic heterocycles. The third-order valence-corrected chi connectivity index (χ3v) is 7.25. The highest BCUT2D eigenvalue weighted by Gasteiger charge is 2.19. The van der Waals surface area contributed by atoms with E-state index in [-0.39, 0.29) is 29.7 Å². The van der Waals surface area contributed by atoms with Crippen molar-refractivity contribution in [2.75, 3.05) is 33.3 Å². The average molecular weight is 639 g/mol. The van der Waals surface area contributed by atoms with Crippen LogP contribution in [-0.4, -0.2) is 49.7 Å². The molecule has 232 valence electrons. The summed E-state index contributed by atoms with van der Waals surface area (Å²) >= 11 is 5.92. The van der Waals surface area contributed by atoms with E-state index in [1.54, 1.807) is 79.9 Å². The summed E-state index contributed by atoms with van der Waals surface area (Å²) in [4.78, 5) is 31.0. The van der Waals surface area contributed by atoms with Crippen molar-refractivity contribution in [3.05, 3.63) is 106 Å². The molecule has 0 fully saturated rings. The van der Waals surface area contributed by atoms with Crippen LogP contribution in [0.1, 0.15) is 5.56 Å². The maximum absolute atomic E-state index is 13.7. The van der Waals surface area contributed by atoms with Gasteiger partial charge in [0.1, 0.15) is 11.3 Å². The minimum atomic E-state index is -0.394. The van der Waals surface area contributed by atoms with Gasteiger partial charge in [-0.1, -0.05) is 29.8 Å². The Labute approximate surface area is 267 Å². The van der Waals surface area contributed by atoms with Crippen LogP contribution in [0.15, 0.2) is 99.2 Å². The van der Waals surface area contributed by atoms with E-state index in [0.717, 1.165) is 5.39 Å². The lowest BCUT2D eigenvalue weighted by Crippen LogP contribution is -2.20. The van der Waals surface area contributed by atoms with Gasteiger partial charge in [0.15, 0.2) is 23.9 Å². The van der Waals surface area contributed by atoms with Crippen molar-refractivity contribution in [2.45, 2.75) is 0 Å². The summed E-state index contributed by atoms with van der Waals surface area (Å²) in [5.41, 5.74) is 1.76. The van der Waals surface area contributed by atoms with E-state index in [9.17, 15) is 9.59 Å². The third-order valence-electron chi connectivity index (χ3n) is 7.00. The number of para-hydroxylation sites is 1. The topological polar surface area (TPSA) is 126 Å². The van der Waals surface area contributed by atoms with Gasteiger partial charge in [-0.05, 0) is 66.7 Å². The van der Waals surface area contributed by atoms with Crippen molar-refractivity contribution in [1.29, 1.82) is 0 Å². The van der Waals surface area contributed by atoms with Crippen molar-refractivity contribution in [3.8, 4) is 34.6 Å². The lowest BCUT2D eigenvalue weighted by Gasteiger charge is -2.15. The summed E-state index contributed by atoms with van der Waals surface area (Å²) in [5, 5.41) is 8.93. The highest BCUT2D eigenvalue weighted by molar-refractivity contribution is 6.30. The lowest BCUT2D eigenvalue weighted by atomic mass is 10.2. The molecule has 0 saturated carbocycles. The number of hydrogen-bond donors (Lipinski definition) is 1. The molecule has 11 nitrogen and oxygen atoms in total. The zero-order chi connectivity index (χ0) is 32.2. The fraction of sp³-hybridized carbons (Fsp3) is 0.118. The molecule has 0 bridgehead atoms. The van der Waals surface area contributed by atoms with Gasteiger partial charge in [0.05, 0.1) is 43.8 Å². The summed E-state index contributed by atoms with van der Waals surface area (Å²) in [6, 6.07) is 24.2. The average Bonchev–Trinajstić information content (AvgIpc) is 3.52. The molecule has 0 atom stereocenters. The Hall–Kier alpha value is -5.81. The van der Waals surface area contributed by atoms with Crippen molar-refractivity contribution in [3.63, 3.8) is 0 Å². The molecular weight excluding hydrogens is 612 g/mol. The minimum absolute atomic E-state index is 0.198. The quantitative estimate of drug-likeness (QED) is 0.171. The number of aromatic nitrogens is 2. The van der Waals surface area contributed by atoms with Crippen molar-refractivity contribution >= 4 is 51.3 Å². The van der Waals surface area contributed by atoms with Gasteiger partial charge in [-0.25, -0.2) is 4.98 Å². The van der Waals surface area contributed by atoms with Crippen LogP contribution in [0.25, 0.3) is 33.5 Å². The first-order valence-electron chi connectivity index (χ1n) is 14.0. The Balaban J connectivity index is 1.34. The van der Waals surface area contributed by atoms with Gasteiger partial charge in [0.2, 0.25) is 11.6 Å². The molecule has 46 heavy (non-hydrogen) atoms. The zero-order valence-electron chi connectivity index (χ0n) is 24.9. The van der Waals surface area contributed by atoms with Gasteiger partial charge >= 0.3 is 0 Å². The number of nitrogens with one attached hydrogen (secondary N) is 1. The van der Waals surface area contributed by atoms with E-state index in [4.69, 9.17) is 39.9 Å². The Kier molecular flexibility index (Phi) is 8.57. The van der Waals surface area contributed by atoms with Crippen LogP contribution in [0.5, 0.6) is 23.0 Å². The third kappa shape index (κ3) is 6.08. The van der Waals surface area contributed by atoms with Crippen LogP contribution in [0.4, 0.5) is 5.69 Å². The molecule has 2 heterocycles. The maximum atomic E-state index is 13.7. The van der Waals surface area contributed by atoms with Gasteiger partial charge < -0.3 is 28.7 Å². The molecule has 6 rings (SSSR count). The summed E-state index contributed by atoms with van der Waals surface area (Å²) in [5.74, 6) is 1.54. The number of anilines is 1. The number of hydrogen-bond acceptors (Lipinski definition) is 9. The molecule has 6 aromatic rings. The first kappa shape index (κ1) is 30.2. The summed E-state index contributed by atoms with van der Waals surface area (Å²) in [7, 11) is 4.50. The van der Waals surface area contributed by atoms with E-state index in [1.165, 1.54) is 25.1 Å². The number of halogens is 1. The minimum Gasteiger partial charge on any atom is -0.496 e. The van der Waals surface area contributed by atoms with E-state index in [2.05, 4.69) is 10.4 Å². The molecule has 1 amide bonds. The Morgan fingerprint density at radius 2 is 1.63 bits per heavy atom. The fourth-order valence-corrected chi connectivity index (χ4v) is 4.95. The summed E-state index contributed by atoms with van der Waals surface area (Å²) in [6.07, 6.45) is 1.46. The monoisotopic (exact) mass is 638 g/mol. The van der Waals surface area contributed by atoms with Crippen molar-refractivity contribution in [2.24, 2.45) is 5.10 Å². The smallest absolute Gasteiger partial charge is 0.282 e. The lowest BCUT2D eigenvalue weighted by molar-refractivity contribution is -0.118. The highest BCUT2D eigenvalue weighted by atomic mass is 35.5. The number of fused-ring (bicyclic) bond motifs is 2. The number of amides is 1. The van der Waals surface area contributed by atoms with E-state index >= 15 is 0 Å². The van der Waals surface area contributed by atoms with Gasteiger partial charge in [-0.2, -0.15) is 9.78 Å². The molecule has 12 heteroatoms. The molecular formula is C34H27ClN4O7. The fourth-order valence-electron chi connectivity index (χ4n) is 4.82. The van der Waals surface area contributed by atoms with Crippen LogP contribution >= 0.6 is 11.6 Å². The predicted molar refractivity (Wildman–Crippen MR) is 176 cm³/mol. The number of carbonyl (C=O) groups excluding carboxylic acids is 1. The molecule has 0 radical (unpaired) electrons. The second-order valence-corrected chi connectivity index (χ2v) is 10.3. The molecule has 0 unspecified atom stereocenters. The van der Waals surface area contributed by atoms with E-state index < -0.39 is 11.5 Å². The second-order valence-electron chi connectivity index (χ2n) is 9.90. The summed E-state index contributed by atoms with van der Waals surface area (Å²) in [6.45, 7) is -0.313. The molecule has 4 aromatic carbocycles. The number of furan rings is 1. The predicted octanol–water partition coefficient (Wildman–Crippen LogP) is 6.39. The molecule has 0 aliphatic carbocycles. The first-order chi connectivity index (χ1) is 22.4. The number of rotatable bonds is 10. The Bertz CT molecular complexity index is 2130. The Morgan fingerprint density at radius 1 is 0.913 bits per heavy atom. The number of ether oxygens (including phenoxy) is 4. The number of nitrogens with zero attached hydrogens (tertiary/aromatic N) is 3. The largest absolute Gasteiger partial charge is 0.496 e. The molecule has 2 aromatic heterocycles. The van der Waals surface area contributed by atoms with Gasteiger partial charge in [-0.15, -0.1) is 0 Å². The van der Waals surface area contributed by atoms with Gasteiger partial charge in [-0.3, -0.25) is 9.59 Å². The molecule has 0 aliphatic rings. The van der Waals surface area contributed by atoms with Gasteiger partial charge in [0, 0.05) is 16.3 Å². The SMILES string of the molecule is COc1cc(C=Nn2c(-c3cc4c(OC)cccc4o3)nc3ccccc3c2=O)cc(OC)c1OCC(=O)Nc1ccc(Cl)cc1. The standard InChI is InChI=1S/C34H27ClN4O7/c1-42-26-9-6-10-27-24(26)17-30(46-27)33-38-25-8-5-4-7-23(25)34(41)39(33)36-18-20-15-28(43-2)32(29(16-20)44-3)45-19-31(40)37-22-13-11-21(35)12-14-22/h4-18H,19H2,1-3H3,(H,37,40). The highest BCUT2D eigenvalue weighted by Crippen LogP contribution is 2.38. The first-order valence-corrected chi connectivity index (χ1v) is 14.3. The van der Waals surface area contributed by atoms with Crippen molar-refractivity contribution in [1.82, 2.24) is 9.66 Å². The van der Waals surface area contributed by atoms with Gasteiger partial charge in [0.25, 0.3) is 11.5 Å². The van der Waals surface area contributed by atoms with E-state index in [0.29, 0.717) is 44.3 Å². The van der Waals surface area contributed by atoms with Crippen LogP contribution in [0.3, 0.4) is 0 Å². The maximum Gasteiger partial charge on any atom is 0.282 e. The molecule has 0 spiro atoms. The van der Waals surface area contributed by atoms with Crippen LogP contribution in [0, 0.1) is 0 Å². The number of methoxy groups -OCH3 is 3. The second kappa shape index (κ2) is 13.0. The van der Waals surface area contributed by atoms with E-state index in [1.807, 2.05) is 12.1 Å². The molecule has 1 N–H and O–H groups in total. The van der Waals surface area contributed by atoms with Crippen LogP contribution in [0.2, 0.25) is 5.02 Å². The number of benzene rings is 4. The van der Waals surface area contributed by atoms with Crippen LogP contribution in [-0.2, 0) is 4.79 Å².